The number of halogens is 2. The third kappa shape index (κ3) is 4.62. The molecule has 1 saturated heterocycles. The molecule has 2 amide bonds. The molecule has 2 aromatic carbocycles. The van der Waals surface area contributed by atoms with E-state index in [9.17, 15) is 14.0 Å². The van der Waals surface area contributed by atoms with Crippen molar-refractivity contribution in [2.75, 3.05) is 5.32 Å². The average molecular weight is 392 g/mol. The summed E-state index contributed by atoms with van der Waals surface area (Å²) in [5, 5.41) is 5.75. The highest BCUT2D eigenvalue weighted by Gasteiger charge is 2.32. The van der Waals surface area contributed by atoms with Gasteiger partial charge in [-0.15, -0.1) is 0 Å². The zero-order chi connectivity index (χ0) is 18.7. The van der Waals surface area contributed by atoms with Crippen molar-refractivity contribution in [1.29, 1.82) is 0 Å². The summed E-state index contributed by atoms with van der Waals surface area (Å²) in [4.78, 5) is 28.5. The van der Waals surface area contributed by atoms with Crippen LogP contribution in [0, 0.1) is 12.7 Å². The van der Waals surface area contributed by atoms with Gasteiger partial charge in [-0.2, -0.15) is 0 Å². The molecule has 1 heterocycles. The molecule has 26 heavy (non-hydrogen) atoms. The number of thioether (sulfide) groups is 1. The molecule has 1 fully saturated rings. The minimum Gasteiger partial charge on any atom is -0.326 e. The first-order valence-electron chi connectivity index (χ1n) is 7.78. The van der Waals surface area contributed by atoms with Gasteiger partial charge in [0.15, 0.2) is 5.17 Å². The highest BCUT2D eigenvalue weighted by atomic mass is 35.5. The lowest BCUT2D eigenvalue weighted by atomic mass is 10.2. The standard InChI is InChI=1S/C18H15ClFN3O2S/c1-10-2-5-13(8-14(10)19)22-18-23-17(25)15(26-18)9-16(24)21-12-6-3-11(20)4-7-12/h2-8,15H,9H2,1H3,(H,21,24)(H,22,23,25)/t15-/m1/s1. The summed E-state index contributed by atoms with van der Waals surface area (Å²) in [5.74, 6) is -0.990. The van der Waals surface area contributed by atoms with E-state index >= 15 is 0 Å². The van der Waals surface area contributed by atoms with Gasteiger partial charge in [0, 0.05) is 17.1 Å². The van der Waals surface area contributed by atoms with Crippen LogP contribution < -0.4 is 10.6 Å². The van der Waals surface area contributed by atoms with E-state index in [0.29, 0.717) is 21.6 Å². The number of rotatable bonds is 4. The number of anilines is 1. The fraction of sp³-hybridized carbons (Fsp3) is 0.167. The number of hydrogen-bond donors (Lipinski definition) is 2. The van der Waals surface area contributed by atoms with Crippen LogP contribution in [0.2, 0.25) is 5.02 Å². The van der Waals surface area contributed by atoms with Gasteiger partial charge in [-0.25, -0.2) is 9.38 Å². The molecule has 8 heteroatoms. The van der Waals surface area contributed by atoms with Crippen molar-refractivity contribution in [3.05, 3.63) is 58.9 Å². The molecule has 0 unspecified atom stereocenters. The molecule has 5 nitrogen and oxygen atoms in total. The highest BCUT2D eigenvalue weighted by molar-refractivity contribution is 8.15. The zero-order valence-electron chi connectivity index (χ0n) is 13.8. The van der Waals surface area contributed by atoms with Crippen molar-refractivity contribution in [2.45, 2.75) is 18.6 Å². The molecule has 1 aliphatic rings. The molecule has 0 radical (unpaired) electrons. The normalized spacial score (nSPS) is 18.0. The maximum atomic E-state index is 12.9. The Morgan fingerprint density at radius 3 is 2.73 bits per heavy atom. The quantitative estimate of drug-likeness (QED) is 0.826. The predicted molar refractivity (Wildman–Crippen MR) is 102 cm³/mol. The summed E-state index contributed by atoms with van der Waals surface area (Å²) in [5.41, 5.74) is 2.04. The van der Waals surface area contributed by atoms with E-state index in [1.807, 2.05) is 13.0 Å². The van der Waals surface area contributed by atoms with E-state index < -0.39 is 5.25 Å². The number of aryl methyl sites for hydroxylation is 1. The fourth-order valence-corrected chi connectivity index (χ4v) is 3.44. The minimum atomic E-state index is -0.574. The molecule has 0 aliphatic carbocycles. The molecule has 2 N–H and O–H groups in total. The van der Waals surface area contributed by atoms with Gasteiger partial charge in [0.05, 0.1) is 5.69 Å². The van der Waals surface area contributed by atoms with E-state index in [2.05, 4.69) is 15.6 Å². The number of carbonyl (C=O) groups is 2. The summed E-state index contributed by atoms with van der Waals surface area (Å²) < 4.78 is 12.9. The number of benzene rings is 2. The maximum absolute atomic E-state index is 12.9. The molecule has 2 aromatic rings. The van der Waals surface area contributed by atoms with E-state index in [1.165, 1.54) is 36.0 Å². The first kappa shape index (κ1) is 18.4. The minimum absolute atomic E-state index is 0.0124. The Hall–Kier alpha value is -2.38. The van der Waals surface area contributed by atoms with Gasteiger partial charge in [-0.1, -0.05) is 29.4 Å². The molecular formula is C18H15ClFN3O2S. The Balaban J connectivity index is 1.62. The monoisotopic (exact) mass is 391 g/mol. The zero-order valence-corrected chi connectivity index (χ0v) is 15.3. The molecule has 3 rings (SSSR count). The van der Waals surface area contributed by atoms with Gasteiger partial charge in [0.2, 0.25) is 11.8 Å². The Labute approximate surface area is 159 Å². The van der Waals surface area contributed by atoms with E-state index in [0.717, 1.165) is 5.56 Å². The lowest BCUT2D eigenvalue weighted by Crippen LogP contribution is -2.28. The van der Waals surface area contributed by atoms with Crippen LogP contribution in [0.5, 0.6) is 0 Å². The number of nitrogens with one attached hydrogen (secondary N) is 2. The van der Waals surface area contributed by atoms with Crippen LogP contribution in [0.25, 0.3) is 0 Å². The van der Waals surface area contributed by atoms with Gasteiger partial charge in [0.25, 0.3) is 0 Å². The van der Waals surface area contributed by atoms with Crippen molar-refractivity contribution >= 4 is 51.7 Å². The SMILES string of the molecule is Cc1ccc(N=C2NC(=O)[C@@H](CC(=O)Nc3ccc(F)cc3)S2)cc1Cl. The lowest BCUT2D eigenvalue weighted by molar-refractivity contribution is -0.122. The van der Waals surface area contributed by atoms with Crippen LogP contribution in [-0.4, -0.2) is 22.2 Å². The molecule has 1 atom stereocenters. The van der Waals surface area contributed by atoms with Crippen LogP contribution in [-0.2, 0) is 9.59 Å². The molecule has 0 bridgehead atoms. The number of nitrogens with zero attached hydrogens (tertiary/aromatic N) is 1. The fourth-order valence-electron chi connectivity index (χ4n) is 2.27. The average Bonchev–Trinajstić information content (AvgIpc) is 2.92. The summed E-state index contributed by atoms with van der Waals surface area (Å²) in [7, 11) is 0. The third-order valence-corrected chi connectivity index (χ3v) is 5.15. The van der Waals surface area contributed by atoms with Crippen LogP contribution in [0.1, 0.15) is 12.0 Å². The van der Waals surface area contributed by atoms with Crippen LogP contribution >= 0.6 is 23.4 Å². The molecule has 1 aliphatic heterocycles. The van der Waals surface area contributed by atoms with Gasteiger partial charge >= 0.3 is 0 Å². The van der Waals surface area contributed by atoms with Crippen molar-refractivity contribution in [3.8, 4) is 0 Å². The van der Waals surface area contributed by atoms with E-state index in [4.69, 9.17) is 11.6 Å². The predicted octanol–water partition coefficient (Wildman–Crippen LogP) is 4.04. The molecule has 0 aromatic heterocycles. The Bertz CT molecular complexity index is 887. The van der Waals surface area contributed by atoms with E-state index in [1.54, 1.807) is 12.1 Å². The Kier molecular flexibility index (Phi) is 5.58. The number of amides is 2. The number of aliphatic imine (C=N–C) groups is 1. The lowest BCUT2D eigenvalue weighted by Gasteiger charge is -2.07. The first-order valence-corrected chi connectivity index (χ1v) is 9.04. The second kappa shape index (κ2) is 7.88. The third-order valence-electron chi connectivity index (χ3n) is 3.66. The molecule has 0 spiro atoms. The van der Waals surface area contributed by atoms with Crippen LogP contribution in [0.4, 0.5) is 15.8 Å². The van der Waals surface area contributed by atoms with Crippen LogP contribution in [0.15, 0.2) is 47.5 Å². The smallest absolute Gasteiger partial charge is 0.240 e. The molecule has 0 saturated carbocycles. The van der Waals surface area contributed by atoms with Crippen molar-refractivity contribution in [3.63, 3.8) is 0 Å². The summed E-state index contributed by atoms with van der Waals surface area (Å²) in [6.07, 6.45) is -0.0124. The van der Waals surface area contributed by atoms with Crippen LogP contribution in [0.3, 0.4) is 0 Å². The highest BCUT2D eigenvalue weighted by Crippen LogP contribution is 2.27. The Morgan fingerprint density at radius 2 is 2.04 bits per heavy atom. The second-order valence-corrected chi connectivity index (χ2v) is 7.30. The van der Waals surface area contributed by atoms with Crippen molar-refractivity contribution in [2.24, 2.45) is 4.99 Å². The van der Waals surface area contributed by atoms with E-state index in [-0.39, 0.29) is 24.1 Å². The van der Waals surface area contributed by atoms with Crippen molar-refractivity contribution < 1.29 is 14.0 Å². The first-order chi connectivity index (χ1) is 12.4. The van der Waals surface area contributed by atoms with Gasteiger partial charge in [-0.05, 0) is 48.9 Å². The summed E-state index contributed by atoms with van der Waals surface area (Å²) in [6.45, 7) is 1.89. The number of hydrogen-bond acceptors (Lipinski definition) is 4. The largest absolute Gasteiger partial charge is 0.326 e. The summed E-state index contributed by atoms with van der Waals surface area (Å²) in [6, 6.07) is 10.8. The molecular weight excluding hydrogens is 377 g/mol. The topological polar surface area (TPSA) is 70.6 Å². The van der Waals surface area contributed by atoms with Gasteiger partial charge in [0.1, 0.15) is 11.1 Å². The number of carbonyl (C=O) groups excluding carboxylic acids is 2. The van der Waals surface area contributed by atoms with Crippen molar-refractivity contribution in [1.82, 2.24) is 5.32 Å². The summed E-state index contributed by atoms with van der Waals surface area (Å²) >= 11 is 7.26. The Morgan fingerprint density at radius 1 is 1.31 bits per heavy atom. The van der Waals surface area contributed by atoms with Gasteiger partial charge in [-0.3, -0.25) is 9.59 Å². The second-order valence-electron chi connectivity index (χ2n) is 5.71. The van der Waals surface area contributed by atoms with Gasteiger partial charge < -0.3 is 10.6 Å². The number of amidine groups is 1. The molecule has 134 valence electrons. The maximum Gasteiger partial charge on any atom is 0.240 e.